The fourth-order valence-corrected chi connectivity index (χ4v) is 3.47. The van der Waals surface area contributed by atoms with Crippen LogP contribution in [0.2, 0.25) is 0 Å². The molecule has 1 heterocycles. The van der Waals surface area contributed by atoms with Crippen LogP contribution in [0.15, 0.2) is 29.2 Å². The van der Waals surface area contributed by atoms with Gasteiger partial charge in [-0.3, -0.25) is 9.69 Å². The summed E-state index contributed by atoms with van der Waals surface area (Å²) < 4.78 is 0. The minimum atomic E-state index is 0.251. The van der Waals surface area contributed by atoms with E-state index in [1.807, 2.05) is 24.3 Å². The molecule has 110 valence electrons. The highest BCUT2D eigenvalue weighted by atomic mass is 32.2. The highest BCUT2D eigenvalue weighted by Gasteiger charge is 2.35. The summed E-state index contributed by atoms with van der Waals surface area (Å²) in [7, 11) is 0. The van der Waals surface area contributed by atoms with E-state index < -0.39 is 0 Å². The van der Waals surface area contributed by atoms with Crippen molar-refractivity contribution in [3.8, 4) is 0 Å². The first kappa shape index (κ1) is 15.6. The molecule has 3 heteroatoms. The fourth-order valence-electron chi connectivity index (χ4n) is 3.06. The van der Waals surface area contributed by atoms with Crippen LogP contribution < -0.4 is 0 Å². The second-order valence-corrected chi connectivity index (χ2v) is 6.70. The molecule has 20 heavy (non-hydrogen) atoms. The first-order chi connectivity index (χ1) is 9.62. The largest absolute Gasteiger partial charge is 0.295 e. The van der Waals surface area contributed by atoms with E-state index in [-0.39, 0.29) is 5.78 Å². The van der Waals surface area contributed by atoms with Crippen LogP contribution in [0.1, 0.15) is 43.5 Å². The molecular formula is C17H25NOS. The third-order valence-electron chi connectivity index (χ3n) is 4.80. The topological polar surface area (TPSA) is 20.3 Å². The summed E-state index contributed by atoms with van der Waals surface area (Å²) in [6.45, 7) is 7.26. The number of nitrogens with zero attached hydrogens (tertiary/aromatic N) is 1. The molecule has 1 fully saturated rings. The maximum Gasteiger partial charge on any atom is 0.176 e. The van der Waals surface area contributed by atoms with Crippen LogP contribution in [0.3, 0.4) is 0 Å². The summed E-state index contributed by atoms with van der Waals surface area (Å²) in [5.41, 5.74) is 1.29. The van der Waals surface area contributed by atoms with Gasteiger partial charge in [0, 0.05) is 17.0 Å². The molecule has 0 N–H and O–H groups in total. The number of hydrogen-bond acceptors (Lipinski definition) is 3. The van der Waals surface area contributed by atoms with Gasteiger partial charge in [0.2, 0.25) is 0 Å². The summed E-state index contributed by atoms with van der Waals surface area (Å²) in [4.78, 5) is 15.9. The van der Waals surface area contributed by atoms with Crippen molar-refractivity contribution in [1.29, 1.82) is 0 Å². The number of benzene rings is 1. The van der Waals surface area contributed by atoms with Crippen LogP contribution in [-0.2, 0) is 0 Å². The first-order valence-corrected chi connectivity index (χ1v) is 8.74. The molecule has 1 aromatic rings. The average molecular weight is 291 g/mol. The molecule has 1 aliphatic heterocycles. The summed E-state index contributed by atoms with van der Waals surface area (Å²) in [6.07, 6.45) is 5.72. The van der Waals surface area contributed by atoms with Gasteiger partial charge in [-0.05, 0) is 49.6 Å². The monoisotopic (exact) mass is 291 g/mol. The summed E-state index contributed by atoms with van der Waals surface area (Å²) in [5.74, 6) is 0.251. The van der Waals surface area contributed by atoms with E-state index in [9.17, 15) is 4.79 Å². The van der Waals surface area contributed by atoms with E-state index in [2.05, 4.69) is 25.0 Å². The van der Waals surface area contributed by atoms with Crippen LogP contribution in [0.25, 0.3) is 0 Å². The van der Waals surface area contributed by atoms with E-state index in [4.69, 9.17) is 0 Å². The molecule has 0 saturated carbocycles. The normalized spacial score (nSPS) is 18.4. The van der Waals surface area contributed by atoms with Gasteiger partial charge in [0.1, 0.15) is 0 Å². The van der Waals surface area contributed by atoms with Crippen molar-refractivity contribution in [3.63, 3.8) is 0 Å². The van der Waals surface area contributed by atoms with Crippen LogP contribution in [0.4, 0.5) is 0 Å². The van der Waals surface area contributed by atoms with Gasteiger partial charge in [-0.1, -0.05) is 26.0 Å². The van der Waals surface area contributed by atoms with Crippen LogP contribution >= 0.6 is 11.8 Å². The van der Waals surface area contributed by atoms with Crippen molar-refractivity contribution in [2.75, 3.05) is 25.9 Å². The van der Waals surface area contributed by atoms with Gasteiger partial charge in [-0.25, -0.2) is 0 Å². The Balaban J connectivity index is 1.95. The zero-order valence-corrected chi connectivity index (χ0v) is 13.6. The third-order valence-corrected chi connectivity index (χ3v) is 5.54. The van der Waals surface area contributed by atoms with Gasteiger partial charge in [-0.2, -0.15) is 0 Å². The van der Waals surface area contributed by atoms with E-state index in [0.29, 0.717) is 12.0 Å². The van der Waals surface area contributed by atoms with Crippen molar-refractivity contribution in [2.24, 2.45) is 5.41 Å². The molecule has 0 atom stereocenters. The number of carbonyl (C=O) groups is 1. The quantitative estimate of drug-likeness (QED) is 0.581. The van der Waals surface area contributed by atoms with E-state index in [0.717, 1.165) is 18.7 Å². The molecule has 2 nitrogen and oxygen atoms in total. The lowest BCUT2D eigenvalue weighted by molar-refractivity contribution is 0.0936. The van der Waals surface area contributed by atoms with Gasteiger partial charge in [-0.15, -0.1) is 11.8 Å². The Bertz CT molecular complexity index is 451. The molecule has 0 unspecified atom stereocenters. The highest BCUT2D eigenvalue weighted by Crippen LogP contribution is 2.36. The van der Waals surface area contributed by atoms with Crippen molar-refractivity contribution in [3.05, 3.63) is 29.8 Å². The van der Waals surface area contributed by atoms with Crippen LogP contribution in [-0.4, -0.2) is 36.6 Å². The SMILES string of the molecule is CCC1(CC)CCN(CC(=O)c2ccc(SC)cc2)C1. The molecule has 0 aliphatic carbocycles. The van der Waals surface area contributed by atoms with E-state index in [1.165, 1.54) is 24.2 Å². The Morgan fingerprint density at radius 1 is 1.25 bits per heavy atom. The molecule has 0 aromatic heterocycles. The summed E-state index contributed by atoms with van der Waals surface area (Å²) in [6, 6.07) is 7.97. The number of carbonyl (C=O) groups excluding carboxylic acids is 1. The molecule has 1 saturated heterocycles. The van der Waals surface area contributed by atoms with Crippen molar-refractivity contribution in [1.82, 2.24) is 4.90 Å². The van der Waals surface area contributed by atoms with Gasteiger partial charge in [0.15, 0.2) is 5.78 Å². The molecule has 0 spiro atoms. The zero-order valence-electron chi connectivity index (χ0n) is 12.8. The number of hydrogen-bond donors (Lipinski definition) is 0. The average Bonchev–Trinajstić information content (AvgIpc) is 2.91. The van der Waals surface area contributed by atoms with Crippen LogP contribution in [0, 0.1) is 5.41 Å². The lowest BCUT2D eigenvalue weighted by Crippen LogP contribution is -2.30. The zero-order chi connectivity index (χ0) is 14.6. The van der Waals surface area contributed by atoms with Gasteiger partial charge in [0.05, 0.1) is 6.54 Å². The van der Waals surface area contributed by atoms with Gasteiger partial charge >= 0.3 is 0 Å². The minimum Gasteiger partial charge on any atom is -0.295 e. The maximum absolute atomic E-state index is 12.3. The summed E-state index contributed by atoms with van der Waals surface area (Å²) >= 11 is 1.71. The van der Waals surface area contributed by atoms with Crippen molar-refractivity contribution in [2.45, 2.75) is 38.0 Å². The van der Waals surface area contributed by atoms with Gasteiger partial charge < -0.3 is 0 Å². The number of likely N-dealkylation sites (tertiary alicyclic amines) is 1. The maximum atomic E-state index is 12.3. The second-order valence-electron chi connectivity index (χ2n) is 5.82. The molecule has 0 radical (unpaired) electrons. The molecular weight excluding hydrogens is 266 g/mol. The highest BCUT2D eigenvalue weighted by molar-refractivity contribution is 7.98. The molecule has 1 aliphatic rings. The third kappa shape index (κ3) is 3.44. The Morgan fingerprint density at radius 2 is 1.90 bits per heavy atom. The molecule has 0 bridgehead atoms. The molecule has 1 aromatic carbocycles. The number of thioether (sulfide) groups is 1. The first-order valence-electron chi connectivity index (χ1n) is 7.52. The van der Waals surface area contributed by atoms with Crippen molar-refractivity contribution >= 4 is 17.5 Å². The minimum absolute atomic E-state index is 0.251. The molecule has 2 rings (SSSR count). The smallest absolute Gasteiger partial charge is 0.176 e. The Morgan fingerprint density at radius 3 is 2.40 bits per heavy atom. The van der Waals surface area contributed by atoms with Crippen LogP contribution in [0.5, 0.6) is 0 Å². The van der Waals surface area contributed by atoms with Crippen molar-refractivity contribution < 1.29 is 4.79 Å². The number of ketones is 1. The predicted octanol–water partition coefficient (Wildman–Crippen LogP) is 4.10. The Kier molecular flexibility index (Phi) is 5.28. The molecule has 0 amide bonds. The lowest BCUT2D eigenvalue weighted by Gasteiger charge is -2.26. The number of Topliss-reactive ketones (excluding diaryl/α,β-unsaturated/α-hetero) is 1. The predicted molar refractivity (Wildman–Crippen MR) is 86.6 cm³/mol. The fraction of sp³-hybridized carbons (Fsp3) is 0.588. The van der Waals surface area contributed by atoms with E-state index >= 15 is 0 Å². The van der Waals surface area contributed by atoms with Gasteiger partial charge in [0.25, 0.3) is 0 Å². The second kappa shape index (κ2) is 6.77. The standard InChI is InChI=1S/C17H25NOS/c1-4-17(5-2)10-11-18(13-17)12-16(19)14-6-8-15(20-3)9-7-14/h6-9H,4-5,10-13H2,1-3H3. The van der Waals surface area contributed by atoms with E-state index in [1.54, 1.807) is 11.8 Å². The Labute approximate surface area is 126 Å². The lowest BCUT2D eigenvalue weighted by atomic mass is 9.82. The Hall–Kier alpha value is -0.800. The number of rotatable bonds is 6. The summed E-state index contributed by atoms with van der Waals surface area (Å²) in [5, 5.41) is 0.